The first-order valence-electron chi connectivity index (χ1n) is 7.75. The minimum atomic E-state index is -0.681. The molecule has 0 aromatic carbocycles. The molecule has 1 aromatic heterocycles. The van der Waals surface area contributed by atoms with Gasteiger partial charge in [-0.3, -0.25) is 9.59 Å². The highest BCUT2D eigenvalue weighted by molar-refractivity contribution is 7.09. The van der Waals surface area contributed by atoms with Crippen LogP contribution in [-0.4, -0.2) is 28.3 Å². The summed E-state index contributed by atoms with van der Waals surface area (Å²) in [4.78, 5) is 28.7. The number of carbonyl (C=O) groups excluding carboxylic acids is 2. The van der Waals surface area contributed by atoms with Gasteiger partial charge in [0.1, 0.15) is 11.6 Å². The van der Waals surface area contributed by atoms with Crippen LogP contribution in [0.4, 0.5) is 0 Å². The van der Waals surface area contributed by atoms with Gasteiger partial charge in [0.05, 0.1) is 6.54 Å². The van der Waals surface area contributed by atoms with Crippen LogP contribution >= 0.6 is 11.3 Å². The Balaban J connectivity index is 1.66. The molecule has 2 atom stereocenters. The van der Waals surface area contributed by atoms with Crippen LogP contribution in [0.25, 0.3) is 0 Å². The zero-order chi connectivity index (χ0) is 14.6. The Morgan fingerprint density at radius 2 is 2.10 bits per heavy atom. The zero-order valence-corrected chi connectivity index (χ0v) is 13.0. The predicted octanol–water partition coefficient (Wildman–Crippen LogP) is 2.15. The van der Waals surface area contributed by atoms with E-state index in [9.17, 15) is 9.59 Å². The van der Waals surface area contributed by atoms with Crippen LogP contribution in [-0.2, 0) is 16.1 Å². The summed E-state index contributed by atoms with van der Waals surface area (Å²) in [7, 11) is 0. The van der Waals surface area contributed by atoms with Crippen LogP contribution < -0.4 is 5.32 Å². The summed E-state index contributed by atoms with van der Waals surface area (Å²) in [6, 6.07) is 3.79. The molecular formula is C16H20N2O2S. The van der Waals surface area contributed by atoms with Crippen LogP contribution in [0.5, 0.6) is 0 Å². The van der Waals surface area contributed by atoms with Crippen LogP contribution in [0.2, 0.25) is 0 Å². The van der Waals surface area contributed by atoms with E-state index in [2.05, 4.69) is 5.32 Å². The number of carbonyl (C=O) groups is 2. The highest BCUT2D eigenvalue weighted by atomic mass is 32.1. The van der Waals surface area contributed by atoms with Crippen molar-refractivity contribution in [1.29, 1.82) is 0 Å². The highest BCUT2D eigenvalue weighted by Gasteiger charge is 2.57. The molecule has 2 unspecified atom stereocenters. The van der Waals surface area contributed by atoms with E-state index < -0.39 is 5.54 Å². The average molecular weight is 304 g/mol. The molecule has 3 aliphatic rings. The van der Waals surface area contributed by atoms with Gasteiger partial charge in [-0.2, -0.15) is 0 Å². The van der Waals surface area contributed by atoms with Crippen molar-refractivity contribution in [2.75, 3.05) is 0 Å². The lowest BCUT2D eigenvalue weighted by Gasteiger charge is -2.45. The lowest BCUT2D eigenvalue weighted by Crippen LogP contribution is -2.70. The van der Waals surface area contributed by atoms with Gasteiger partial charge in [0.15, 0.2) is 0 Å². The maximum absolute atomic E-state index is 13.1. The molecule has 2 aliphatic carbocycles. The number of hydrogen-bond donors (Lipinski definition) is 1. The van der Waals surface area contributed by atoms with E-state index in [1.54, 1.807) is 11.3 Å². The first kappa shape index (κ1) is 13.3. The first-order chi connectivity index (χ1) is 10.1. The maximum atomic E-state index is 13.1. The van der Waals surface area contributed by atoms with E-state index in [0.717, 1.165) is 30.6 Å². The third-order valence-corrected chi connectivity index (χ3v) is 5.92. The summed E-state index contributed by atoms with van der Waals surface area (Å²) in [5, 5.41) is 5.08. The molecule has 1 N–H and O–H groups in total. The van der Waals surface area contributed by atoms with Gasteiger partial charge in [0.25, 0.3) is 0 Å². The number of nitrogens with one attached hydrogen (secondary N) is 1. The number of amides is 2. The number of thiophene rings is 1. The molecular weight excluding hydrogens is 284 g/mol. The van der Waals surface area contributed by atoms with Crippen molar-refractivity contribution in [2.45, 2.75) is 50.7 Å². The SMILES string of the molecule is CC1(C2CC2)NC(=O)C(C2CC2)N(Cc2cccs2)C1=O. The molecule has 1 aromatic rings. The Morgan fingerprint density at radius 3 is 2.67 bits per heavy atom. The fourth-order valence-electron chi connectivity index (χ4n) is 3.51. The summed E-state index contributed by atoms with van der Waals surface area (Å²) in [5.41, 5.74) is -0.681. The Bertz CT molecular complexity index is 577. The van der Waals surface area contributed by atoms with Gasteiger partial charge in [0.2, 0.25) is 11.8 Å². The maximum Gasteiger partial charge on any atom is 0.249 e. The summed E-state index contributed by atoms with van der Waals surface area (Å²) in [6.45, 7) is 2.49. The van der Waals surface area contributed by atoms with Gasteiger partial charge in [-0.05, 0) is 55.9 Å². The summed E-state index contributed by atoms with van der Waals surface area (Å²) >= 11 is 1.65. The highest BCUT2D eigenvalue weighted by Crippen LogP contribution is 2.45. The standard InChI is InChI=1S/C16H20N2O2S/c1-16(11-6-7-11)15(20)18(9-12-3-2-8-21-12)13(10-4-5-10)14(19)17-16/h2-3,8,10-11,13H,4-7,9H2,1H3,(H,17,19). The number of nitrogens with zero attached hydrogens (tertiary/aromatic N) is 1. The van der Waals surface area contributed by atoms with Crippen LogP contribution in [0.15, 0.2) is 17.5 Å². The van der Waals surface area contributed by atoms with Gasteiger partial charge < -0.3 is 10.2 Å². The second-order valence-electron chi connectivity index (χ2n) is 6.76. The van der Waals surface area contributed by atoms with Gasteiger partial charge in [-0.1, -0.05) is 6.07 Å². The minimum absolute atomic E-state index is 0.0584. The molecule has 3 fully saturated rings. The number of rotatable bonds is 4. The number of hydrogen-bond acceptors (Lipinski definition) is 3. The molecule has 2 amide bonds. The van der Waals surface area contributed by atoms with Gasteiger partial charge in [-0.15, -0.1) is 11.3 Å². The fourth-order valence-corrected chi connectivity index (χ4v) is 4.21. The summed E-state index contributed by atoms with van der Waals surface area (Å²) < 4.78 is 0. The molecule has 1 aliphatic heterocycles. The minimum Gasteiger partial charge on any atom is -0.340 e. The van der Waals surface area contributed by atoms with Crippen LogP contribution in [0.3, 0.4) is 0 Å². The zero-order valence-electron chi connectivity index (χ0n) is 12.2. The third-order valence-electron chi connectivity index (χ3n) is 5.06. The molecule has 4 rings (SSSR count). The quantitative estimate of drug-likeness (QED) is 0.926. The fraction of sp³-hybridized carbons (Fsp3) is 0.625. The van der Waals surface area contributed by atoms with E-state index in [4.69, 9.17) is 0 Å². The molecule has 5 heteroatoms. The van der Waals surface area contributed by atoms with Crippen molar-refractivity contribution in [2.24, 2.45) is 11.8 Å². The molecule has 2 saturated carbocycles. The van der Waals surface area contributed by atoms with Crippen LogP contribution in [0, 0.1) is 11.8 Å². The summed E-state index contributed by atoms with van der Waals surface area (Å²) in [6.07, 6.45) is 4.21. The van der Waals surface area contributed by atoms with Crippen LogP contribution in [0.1, 0.15) is 37.5 Å². The molecule has 2 heterocycles. The van der Waals surface area contributed by atoms with Crippen molar-refractivity contribution in [3.63, 3.8) is 0 Å². The van der Waals surface area contributed by atoms with Crippen molar-refractivity contribution in [3.8, 4) is 0 Å². The largest absolute Gasteiger partial charge is 0.340 e. The third kappa shape index (κ3) is 2.18. The normalized spacial score (nSPS) is 33.2. The monoisotopic (exact) mass is 304 g/mol. The molecule has 0 radical (unpaired) electrons. The Hall–Kier alpha value is -1.36. The van der Waals surface area contributed by atoms with Crippen molar-refractivity contribution in [1.82, 2.24) is 10.2 Å². The van der Waals surface area contributed by atoms with Gasteiger partial charge >= 0.3 is 0 Å². The van der Waals surface area contributed by atoms with E-state index >= 15 is 0 Å². The van der Waals surface area contributed by atoms with E-state index in [-0.39, 0.29) is 17.9 Å². The average Bonchev–Trinajstić information content (AvgIpc) is 3.35. The Morgan fingerprint density at radius 1 is 1.33 bits per heavy atom. The summed E-state index contributed by atoms with van der Waals surface area (Å²) in [5.74, 6) is 0.857. The lowest BCUT2D eigenvalue weighted by molar-refractivity contribution is -0.157. The topological polar surface area (TPSA) is 49.4 Å². The molecule has 0 spiro atoms. The Kier molecular flexibility index (Phi) is 2.89. The molecule has 112 valence electrons. The van der Waals surface area contributed by atoms with Crippen molar-refractivity contribution >= 4 is 23.2 Å². The predicted molar refractivity (Wildman–Crippen MR) is 80.7 cm³/mol. The van der Waals surface area contributed by atoms with E-state index in [1.807, 2.05) is 29.3 Å². The number of piperazine rings is 1. The van der Waals surface area contributed by atoms with Gasteiger partial charge in [-0.25, -0.2) is 0 Å². The van der Waals surface area contributed by atoms with E-state index in [1.165, 1.54) is 0 Å². The second-order valence-corrected chi connectivity index (χ2v) is 7.79. The van der Waals surface area contributed by atoms with Crippen molar-refractivity contribution in [3.05, 3.63) is 22.4 Å². The molecule has 21 heavy (non-hydrogen) atoms. The smallest absolute Gasteiger partial charge is 0.249 e. The van der Waals surface area contributed by atoms with Crippen molar-refractivity contribution < 1.29 is 9.59 Å². The molecule has 4 nitrogen and oxygen atoms in total. The van der Waals surface area contributed by atoms with E-state index in [0.29, 0.717) is 18.4 Å². The van der Waals surface area contributed by atoms with Gasteiger partial charge in [0, 0.05) is 4.88 Å². The second kappa shape index (κ2) is 4.57. The lowest BCUT2D eigenvalue weighted by atomic mass is 9.88. The Labute approximate surface area is 128 Å². The first-order valence-corrected chi connectivity index (χ1v) is 8.63. The molecule has 0 bridgehead atoms. The molecule has 1 saturated heterocycles.